The summed E-state index contributed by atoms with van der Waals surface area (Å²) >= 11 is 0. The van der Waals surface area contributed by atoms with Crippen molar-refractivity contribution < 1.29 is 0 Å². The van der Waals surface area contributed by atoms with Gasteiger partial charge in [-0.15, -0.1) is 0 Å². The summed E-state index contributed by atoms with van der Waals surface area (Å²) in [6, 6.07) is 41.8. The third kappa shape index (κ3) is 8.44. The van der Waals surface area contributed by atoms with Gasteiger partial charge in [-0.1, -0.05) is 121 Å². The molecular formula is C28H30N2. The fraction of sp³-hybridized carbons (Fsp3) is 0.143. The van der Waals surface area contributed by atoms with E-state index < -0.39 is 0 Å². The number of nitrogens with one attached hydrogen (secondary N) is 2. The Bertz CT molecular complexity index is 763. The SMILES string of the molecule is c1ccc(CNCc2ccccc2)cc1.c1ccc(CNCc2ccccc2)cc1. The Labute approximate surface area is 180 Å². The fourth-order valence-corrected chi connectivity index (χ4v) is 3.09. The van der Waals surface area contributed by atoms with E-state index in [1.807, 2.05) is 24.3 Å². The van der Waals surface area contributed by atoms with Crippen molar-refractivity contribution in [2.75, 3.05) is 0 Å². The van der Waals surface area contributed by atoms with Gasteiger partial charge in [0.25, 0.3) is 0 Å². The summed E-state index contributed by atoms with van der Waals surface area (Å²) < 4.78 is 0. The smallest absolute Gasteiger partial charge is 0.0208 e. The topological polar surface area (TPSA) is 24.1 Å². The zero-order valence-electron chi connectivity index (χ0n) is 17.4. The molecule has 0 aliphatic carbocycles. The van der Waals surface area contributed by atoms with E-state index in [9.17, 15) is 0 Å². The maximum atomic E-state index is 3.42. The van der Waals surface area contributed by atoms with Crippen molar-refractivity contribution in [3.8, 4) is 0 Å². The molecule has 4 rings (SSSR count). The molecule has 0 unspecified atom stereocenters. The molecule has 30 heavy (non-hydrogen) atoms. The summed E-state index contributed by atoms with van der Waals surface area (Å²) in [4.78, 5) is 0. The van der Waals surface area contributed by atoms with Crippen LogP contribution in [-0.4, -0.2) is 0 Å². The van der Waals surface area contributed by atoms with Crippen molar-refractivity contribution in [3.05, 3.63) is 144 Å². The third-order valence-electron chi connectivity index (χ3n) is 4.69. The van der Waals surface area contributed by atoms with Crippen LogP contribution in [0.3, 0.4) is 0 Å². The molecule has 4 aromatic carbocycles. The van der Waals surface area contributed by atoms with Gasteiger partial charge in [-0.25, -0.2) is 0 Å². The predicted octanol–water partition coefficient (Wildman–Crippen LogP) is 5.95. The van der Waals surface area contributed by atoms with E-state index in [-0.39, 0.29) is 0 Å². The van der Waals surface area contributed by atoms with Gasteiger partial charge in [-0.05, 0) is 22.3 Å². The molecule has 0 radical (unpaired) electrons. The number of hydrogen-bond donors (Lipinski definition) is 2. The molecule has 0 bridgehead atoms. The molecule has 0 saturated carbocycles. The van der Waals surface area contributed by atoms with Gasteiger partial charge in [0.05, 0.1) is 0 Å². The van der Waals surface area contributed by atoms with Crippen LogP contribution < -0.4 is 10.6 Å². The van der Waals surface area contributed by atoms with Crippen LogP contribution in [0.15, 0.2) is 121 Å². The van der Waals surface area contributed by atoms with Gasteiger partial charge >= 0.3 is 0 Å². The minimum atomic E-state index is 0.926. The van der Waals surface area contributed by atoms with Crippen LogP contribution in [0.1, 0.15) is 22.3 Å². The predicted molar refractivity (Wildman–Crippen MR) is 127 cm³/mol. The molecule has 0 spiro atoms. The quantitative estimate of drug-likeness (QED) is 0.386. The first kappa shape index (κ1) is 21.5. The molecule has 0 fully saturated rings. The highest BCUT2D eigenvalue weighted by Crippen LogP contribution is 2.01. The molecule has 2 heteroatoms. The van der Waals surface area contributed by atoms with Crippen LogP contribution in [-0.2, 0) is 26.2 Å². The van der Waals surface area contributed by atoms with Crippen LogP contribution in [0.2, 0.25) is 0 Å². The van der Waals surface area contributed by atoms with E-state index >= 15 is 0 Å². The molecule has 2 N–H and O–H groups in total. The summed E-state index contributed by atoms with van der Waals surface area (Å²) in [5, 5.41) is 6.84. The fourth-order valence-electron chi connectivity index (χ4n) is 3.09. The van der Waals surface area contributed by atoms with Crippen molar-refractivity contribution in [3.63, 3.8) is 0 Å². The summed E-state index contributed by atoms with van der Waals surface area (Å²) in [5.41, 5.74) is 5.31. The number of benzene rings is 4. The van der Waals surface area contributed by atoms with Crippen molar-refractivity contribution in [2.24, 2.45) is 0 Å². The Morgan fingerprint density at radius 3 is 0.700 bits per heavy atom. The zero-order chi connectivity index (χ0) is 20.7. The molecule has 0 aliphatic rings. The summed E-state index contributed by atoms with van der Waals surface area (Å²) in [6.07, 6.45) is 0. The lowest BCUT2D eigenvalue weighted by Gasteiger charge is -2.04. The van der Waals surface area contributed by atoms with Gasteiger partial charge in [0.2, 0.25) is 0 Å². The normalized spacial score (nSPS) is 10.1. The zero-order valence-corrected chi connectivity index (χ0v) is 17.4. The van der Waals surface area contributed by atoms with Crippen LogP contribution in [0.5, 0.6) is 0 Å². The maximum absolute atomic E-state index is 3.42. The van der Waals surface area contributed by atoms with E-state index in [1.54, 1.807) is 0 Å². The van der Waals surface area contributed by atoms with Gasteiger partial charge in [0.15, 0.2) is 0 Å². The number of rotatable bonds is 8. The molecule has 0 heterocycles. The van der Waals surface area contributed by atoms with Gasteiger partial charge in [0.1, 0.15) is 0 Å². The van der Waals surface area contributed by atoms with Crippen LogP contribution in [0, 0.1) is 0 Å². The minimum Gasteiger partial charge on any atom is -0.309 e. The summed E-state index contributed by atoms with van der Waals surface area (Å²) in [5.74, 6) is 0. The summed E-state index contributed by atoms with van der Waals surface area (Å²) in [6.45, 7) is 3.71. The highest BCUT2D eigenvalue weighted by atomic mass is 14.8. The first-order valence-electron chi connectivity index (χ1n) is 10.5. The van der Waals surface area contributed by atoms with E-state index in [4.69, 9.17) is 0 Å². The molecule has 0 atom stereocenters. The average molecular weight is 395 g/mol. The molecule has 0 aliphatic heterocycles. The van der Waals surface area contributed by atoms with Crippen molar-refractivity contribution >= 4 is 0 Å². The second kappa shape index (κ2) is 13.1. The van der Waals surface area contributed by atoms with E-state index in [2.05, 4.69) is 108 Å². The third-order valence-corrected chi connectivity index (χ3v) is 4.69. The van der Waals surface area contributed by atoms with E-state index in [1.165, 1.54) is 22.3 Å². The van der Waals surface area contributed by atoms with E-state index in [0.29, 0.717) is 0 Å². The first-order valence-corrected chi connectivity index (χ1v) is 10.5. The standard InChI is InChI=1S/2C14H15N/c2*1-3-7-13(8-4-1)11-15-12-14-9-5-2-6-10-14/h2*1-10,15H,11-12H2. The maximum Gasteiger partial charge on any atom is 0.0208 e. The Hall–Kier alpha value is -3.20. The van der Waals surface area contributed by atoms with Crippen molar-refractivity contribution in [1.29, 1.82) is 0 Å². The molecular weight excluding hydrogens is 364 g/mol. The van der Waals surface area contributed by atoms with Crippen LogP contribution in [0.25, 0.3) is 0 Å². The van der Waals surface area contributed by atoms with Crippen LogP contribution in [0.4, 0.5) is 0 Å². The lowest BCUT2D eigenvalue weighted by atomic mass is 10.2. The Kier molecular flexibility index (Phi) is 9.39. The minimum absolute atomic E-state index is 0.926. The molecule has 0 saturated heterocycles. The second-order valence-electron chi connectivity index (χ2n) is 7.15. The monoisotopic (exact) mass is 394 g/mol. The molecule has 0 amide bonds. The average Bonchev–Trinajstić information content (AvgIpc) is 2.82. The van der Waals surface area contributed by atoms with Gasteiger partial charge in [-0.2, -0.15) is 0 Å². The van der Waals surface area contributed by atoms with Gasteiger partial charge in [-0.3, -0.25) is 0 Å². The lowest BCUT2D eigenvalue weighted by Crippen LogP contribution is -2.12. The molecule has 2 nitrogen and oxygen atoms in total. The number of hydrogen-bond acceptors (Lipinski definition) is 2. The largest absolute Gasteiger partial charge is 0.309 e. The highest BCUT2D eigenvalue weighted by Gasteiger charge is 1.93. The van der Waals surface area contributed by atoms with Gasteiger partial charge in [0, 0.05) is 26.2 Å². The highest BCUT2D eigenvalue weighted by molar-refractivity contribution is 5.17. The summed E-state index contributed by atoms with van der Waals surface area (Å²) in [7, 11) is 0. The molecule has 152 valence electrons. The molecule has 0 aromatic heterocycles. The Morgan fingerprint density at radius 1 is 0.300 bits per heavy atom. The van der Waals surface area contributed by atoms with Crippen molar-refractivity contribution in [1.82, 2.24) is 10.6 Å². The van der Waals surface area contributed by atoms with Crippen LogP contribution >= 0.6 is 0 Å². The molecule has 4 aromatic rings. The Balaban J connectivity index is 0.000000171. The van der Waals surface area contributed by atoms with Gasteiger partial charge < -0.3 is 10.6 Å². The van der Waals surface area contributed by atoms with Crippen molar-refractivity contribution in [2.45, 2.75) is 26.2 Å². The first-order chi connectivity index (χ1) is 14.9. The van der Waals surface area contributed by atoms with E-state index in [0.717, 1.165) is 26.2 Å². The Morgan fingerprint density at radius 2 is 0.500 bits per heavy atom. The second-order valence-corrected chi connectivity index (χ2v) is 7.15. The lowest BCUT2D eigenvalue weighted by molar-refractivity contribution is 0.693.